The molecular formula is C15H20F3N3O3S. The van der Waals surface area contributed by atoms with E-state index in [9.17, 15) is 26.4 Å². The number of hydrogen-bond donors (Lipinski definition) is 2. The van der Waals surface area contributed by atoms with Crippen LogP contribution in [0, 0.1) is 5.41 Å². The summed E-state index contributed by atoms with van der Waals surface area (Å²) < 4.78 is 63.2. The maximum atomic E-state index is 12.7. The van der Waals surface area contributed by atoms with Crippen LogP contribution in [0.1, 0.15) is 23.7 Å². The topological polar surface area (TPSA) is 92.5 Å². The first-order valence-electron chi connectivity index (χ1n) is 7.62. The van der Waals surface area contributed by atoms with Gasteiger partial charge in [0.15, 0.2) is 0 Å². The Morgan fingerprint density at radius 1 is 1.40 bits per heavy atom. The van der Waals surface area contributed by atoms with Crippen molar-refractivity contribution in [3.8, 4) is 0 Å². The number of benzene rings is 1. The molecule has 0 aliphatic carbocycles. The lowest BCUT2D eigenvalue weighted by molar-refractivity contribution is -0.123. The first-order chi connectivity index (χ1) is 11.5. The van der Waals surface area contributed by atoms with Crippen LogP contribution in [0.2, 0.25) is 0 Å². The first kappa shape index (κ1) is 19.7. The molecule has 1 unspecified atom stereocenters. The Morgan fingerprint density at radius 3 is 2.64 bits per heavy atom. The molecule has 1 aliphatic heterocycles. The number of sulfonamides is 1. The van der Waals surface area contributed by atoms with Gasteiger partial charge in [-0.25, -0.2) is 8.42 Å². The van der Waals surface area contributed by atoms with Crippen molar-refractivity contribution in [1.29, 1.82) is 0 Å². The average Bonchev–Trinajstić information content (AvgIpc) is 2.96. The Morgan fingerprint density at radius 2 is 2.08 bits per heavy atom. The summed E-state index contributed by atoms with van der Waals surface area (Å²) in [6.45, 7) is 1.32. The van der Waals surface area contributed by atoms with Gasteiger partial charge in [-0.1, -0.05) is 13.0 Å². The van der Waals surface area contributed by atoms with Crippen molar-refractivity contribution in [3.63, 3.8) is 0 Å². The van der Waals surface area contributed by atoms with Gasteiger partial charge in [-0.3, -0.25) is 4.79 Å². The first-order valence-corrected chi connectivity index (χ1v) is 9.06. The molecule has 0 spiro atoms. The molecule has 25 heavy (non-hydrogen) atoms. The molecule has 140 valence electrons. The third-order valence-electron chi connectivity index (χ3n) is 4.20. The minimum Gasteiger partial charge on any atom is -0.343 e. The van der Waals surface area contributed by atoms with Crippen molar-refractivity contribution in [1.82, 2.24) is 9.62 Å². The molecule has 2 rings (SSSR count). The van der Waals surface area contributed by atoms with Gasteiger partial charge in [-0.2, -0.15) is 17.5 Å². The van der Waals surface area contributed by atoms with Gasteiger partial charge in [-0.05, 0) is 36.6 Å². The third-order valence-corrected chi connectivity index (χ3v) is 6.04. The van der Waals surface area contributed by atoms with Gasteiger partial charge in [0, 0.05) is 18.7 Å². The summed E-state index contributed by atoms with van der Waals surface area (Å²) in [7, 11) is -3.84. The van der Waals surface area contributed by atoms with Crippen LogP contribution in [0.4, 0.5) is 13.2 Å². The normalized spacial score (nSPS) is 22.1. The Kier molecular flexibility index (Phi) is 5.45. The predicted molar refractivity (Wildman–Crippen MR) is 85.4 cm³/mol. The molecule has 0 radical (unpaired) electrons. The Bertz CT molecular complexity index is 752. The highest BCUT2D eigenvalue weighted by Gasteiger charge is 2.39. The van der Waals surface area contributed by atoms with Gasteiger partial charge in [0.25, 0.3) is 5.91 Å². The summed E-state index contributed by atoms with van der Waals surface area (Å²) >= 11 is 0. The van der Waals surface area contributed by atoms with Crippen molar-refractivity contribution < 1.29 is 26.4 Å². The van der Waals surface area contributed by atoms with E-state index in [0.29, 0.717) is 19.5 Å². The Labute approximate surface area is 144 Å². The summed E-state index contributed by atoms with van der Waals surface area (Å²) in [5.41, 5.74) is 5.22. The quantitative estimate of drug-likeness (QED) is 0.808. The van der Waals surface area contributed by atoms with E-state index in [4.69, 9.17) is 5.73 Å². The highest BCUT2D eigenvalue weighted by atomic mass is 32.2. The molecule has 6 nitrogen and oxygen atoms in total. The maximum Gasteiger partial charge on any atom is 0.405 e. The fourth-order valence-corrected chi connectivity index (χ4v) is 4.22. The zero-order valence-electron chi connectivity index (χ0n) is 13.6. The molecule has 10 heteroatoms. The van der Waals surface area contributed by atoms with Crippen LogP contribution in [-0.2, 0) is 10.0 Å². The molecule has 1 aromatic rings. The van der Waals surface area contributed by atoms with E-state index in [0.717, 1.165) is 6.07 Å². The fraction of sp³-hybridized carbons (Fsp3) is 0.533. The number of rotatable bonds is 5. The summed E-state index contributed by atoms with van der Waals surface area (Å²) in [5, 5.41) is 1.72. The van der Waals surface area contributed by atoms with Crippen LogP contribution >= 0.6 is 0 Å². The molecule has 1 heterocycles. The summed E-state index contributed by atoms with van der Waals surface area (Å²) in [6, 6.07) is 4.99. The standard InChI is InChI=1S/C15H20F3N3O3S/c1-14(8-19)5-6-21(10-14)25(23,24)12-4-2-3-11(7-12)13(22)20-9-15(16,17)18/h2-4,7H,5-6,8-10,19H2,1H3,(H,20,22). The zero-order valence-corrected chi connectivity index (χ0v) is 14.5. The zero-order chi connectivity index (χ0) is 18.9. The predicted octanol–water partition coefficient (Wildman–Crippen LogP) is 1.34. The Balaban J connectivity index is 2.19. The smallest absolute Gasteiger partial charge is 0.343 e. The van der Waals surface area contributed by atoms with Crippen molar-refractivity contribution in [2.75, 3.05) is 26.2 Å². The highest BCUT2D eigenvalue weighted by Crippen LogP contribution is 2.32. The number of alkyl halides is 3. The second-order valence-electron chi connectivity index (χ2n) is 6.43. The second-order valence-corrected chi connectivity index (χ2v) is 8.37. The molecule has 1 aliphatic rings. The maximum absolute atomic E-state index is 12.7. The van der Waals surface area contributed by atoms with Gasteiger partial charge < -0.3 is 11.1 Å². The van der Waals surface area contributed by atoms with E-state index in [-0.39, 0.29) is 22.4 Å². The minimum absolute atomic E-state index is 0.131. The van der Waals surface area contributed by atoms with E-state index < -0.39 is 28.7 Å². The van der Waals surface area contributed by atoms with Gasteiger partial charge in [0.2, 0.25) is 10.0 Å². The number of carbonyl (C=O) groups is 1. The van der Waals surface area contributed by atoms with Crippen molar-refractivity contribution in [2.24, 2.45) is 11.1 Å². The molecule has 0 aromatic heterocycles. The largest absolute Gasteiger partial charge is 0.405 e. The number of nitrogens with one attached hydrogen (secondary N) is 1. The molecule has 1 aromatic carbocycles. The molecule has 3 N–H and O–H groups in total. The molecular weight excluding hydrogens is 359 g/mol. The van der Waals surface area contributed by atoms with Gasteiger partial charge in [0.1, 0.15) is 6.54 Å². The van der Waals surface area contributed by atoms with E-state index in [2.05, 4.69) is 0 Å². The third kappa shape index (κ3) is 4.71. The number of hydrogen-bond acceptors (Lipinski definition) is 4. The highest BCUT2D eigenvalue weighted by molar-refractivity contribution is 7.89. The van der Waals surface area contributed by atoms with E-state index >= 15 is 0 Å². The van der Waals surface area contributed by atoms with Crippen LogP contribution in [0.25, 0.3) is 0 Å². The van der Waals surface area contributed by atoms with Gasteiger partial charge in [-0.15, -0.1) is 0 Å². The minimum atomic E-state index is -4.54. The number of nitrogens with two attached hydrogens (primary N) is 1. The van der Waals surface area contributed by atoms with E-state index in [1.807, 2.05) is 6.92 Å². The molecule has 0 saturated carbocycles. The lowest BCUT2D eigenvalue weighted by Crippen LogP contribution is -2.35. The SMILES string of the molecule is CC1(CN)CCN(S(=O)(=O)c2cccc(C(=O)NCC(F)(F)F)c2)C1. The fourth-order valence-electron chi connectivity index (χ4n) is 2.58. The van der Waals surface area contributed by atoms with Crippen molar-refractivity contribution in [3.05, 3.63) is 29.8 Å². The summed E-state index contributed by atoms with van der Waals surface area (Å²) in [5.74, 6) is -0.984. The van der Waals surface area contributed by atoms with Crippen molar-refractivity contribution in [2.45, 2.75) is 24.4 Å². The van der Waals surface area contributed by atoms with Crippen LogP contribution in [0.15, 0.2) is 29.2 Å². The molecule has 0 bridgehead atoms. The van der Waals surface area contributed by atoms with Gasteiger partial charge in [0.05, 0.1) is 4.90 Å². The van der Waals surface area contributed by atoms with E-state index in [1.165, 1.54) is 22.5 Å². The lowest BCUT2D eigenvalue weighted by Gasteiger charge is -2.22. The molecule has 1 amide bonds. The van der Waals surface area contributed by atoms with Crippen LogP contribution in [0.3, 0.4) is 0 Å². The number of halogens is 3. The molecule has 1 fully saturated rings. The monoisotopic (exact) mass is 379 g/mol. The van der Waals surface area contributed by atoms with Crippen molar-refractivity contribution >= 4 is 15.9 Å². The summed E-state index contributed by atoms with van der Waals surface area (Å²) in [4.78, 5) is 11.7. The van der Waals surface area contributed by atoms with Crippen LogP contribution in [-0.4, -0.2) is 51.0 Å². The Hall–Kier alpha value is -1.65. The van der Waals surface area contributed by atoms with Crippen LogP contribution < -0.4 is 11.1 Å². The van der Waals surface area contributed by atoms with E-state index in [1.54, 1.807) is 5.32 Å². The number of carbonyl (C=O) groups excluding carboxylic acids is 1. The average molecular weight is 379 g/mol. The second kappa shape index (κ2) is 6.93. The lowest BCUT2D eigenvalue weighted by atomic mass is 9.90. The number of nitrogens with zero attached hydrogens (tertiary/aromatic N) is 1. The van der Waals surface area contributed by atoms with Gasteiger partial charge >= 0.3 is 6.18 Å². The molecule has 1 atom stereocenters. The number of amides is 1. The summed E-state index contributed by atoms with van der Waals surface area (Å²) in [6.07, 6.45) is -3.92. The van der Waals surface area contributed by atoms with Crippen LogP contribution in [0.5, 0.6) is 0 Å². The molecule has 1 saturated heterocycles.